The third kappa shape index (κ3) is 5.25. The molecule has 1 N–H and O–H groups in total. The van der Waals surface area contributed by atoms with Crippen molar-refractivity contribution >= 4 is 40.9 Å². The number of halogens is 1. The number of rotatable bonds is 10. The summed E-state index contributed by atoms with van der Waals surface area (Å²) in [6.45, 7) is 3.67. The lowest BCUT2D eigenvalue weighted by molar-refractivity contribution is -0.384. The summed E-state index contributed by atoms with van der Waals surface area (Å²) in [5.41, 5.74) is -5.05. The summed E-state index contributed by atoms with van der Waals surface area (Å²) in [5.74, 6) is -4.76. The summed E-state index contributed by atoms with van der Waals surface area (Å²) in [4.78, 5) is 63.9. The number of aliphatic hydroxyl groups is 1. The normalized spacial score (nSPS) is 19.5. The number of non-ortho nitro benzene ring substituents is 1. The summed E-state index contributed by atoms with van der Waals surface area (Å²) in [7, 11) is 1.08. The number of nitro groups is 1. The number of methoxy groups -OCH3 is 1. The molecule has 0 aliphatic carbocycles. The number of alkyl halides is 1. The van der Waals surface area contributed by atoms with Crippen molar-refractivity contribution in [1.29, 1.82) is 0 Å². The zero-order valence-electron chi connectivity index (χ0n) is 21.1. The molecule has 0 bridgehead atoms. The van der Waals surface area contributed by atoms with Crippen molar-refractivity contribution in [3.63, 3.8) is 0 Å². The Labute approximate surface area is 223 Å². The maximum Gasteiger partial charge on any atom is 0.344 e. The first-order valence-electron chi connectivity index (χ1n) is 11.5. The molecule has 1 heterocycles. The van der Waals surface area contributed by atoms with Gasteiger partial charge in [-0.3, -0.25) is 24.5 Å². The molecule has 0 saturated carbocycles. The van der Waals surface area contributed by atoms with Gasteiger partial charge in [-0.1, -0.05) is 41.9 Å². The highest BCUT2D eigenvalue weighted by Crippen LogP contribution is 2.48. The van der Waals surface area contributed by atoms with Gasteiger partial charge in [0.15, 0.2) is 5.78 Å². The van der Waals surface area contributed by atoms with Crippen LogP contribution in [0.2, 0.25) is 0 Å². The number of ketones is 1. The molecule has 38 heavy (non-hydrogen) atoms. The number of hydrogen-bond donors (Lipinski definition) is 1. The number of esters is 2. The molecule has 12 heteroatoms. The second kappa shape index (κ2) is 10.9. The molecule has 2 aromatic carbocycles. The number of likely N-dealkylation sites (tertiary alicyclic amines) is 1. The van der Waals surface area contributed by atoms with E-state index >= 15 is 0 Å². The number of carbonyl (C=O) groups excluding carboxylic acids is 4. The highest BCUT2D eigenvalue weighted by molar-refractivity contribution is 6.31. The van der Waals surface area contributed by atoms with Crippen LogP contribution in [0.25, 0.3) is 0 Å². The fraction of sp³-hybridized carbons (Fsp3) is 0.385. The van der Waals surface area contributed by atoms with Gasteiger partial charge in [0, 0.05) is 17.7 Å². The first-order chi connectivity index (χ1) is 17.7. The lowest BCUT2D eigenvalue weighted by Crippen LogP contribution is -2.76. The van der Waals surface area contributed by atoms with Crippen molar-refractivity contribution in [2.24, 2.45) is 11.3 Å². The molecule has 1 saturated heterocycles. The number of nitro benzene ring substituents is 1. The zero-order valence-corrected chi connectivity index (χ0v) is 21.9. The first-order valence-corrected chi connectivity index (χ1v) is 12.0. The molecule has 1 fully saturated rings. The number of Topliss-reactive ketones (excluding diaryl/α,β-unsaturated/α-hetero) is 1. The Balaban J connectivity index is 1.93. The van der Waals surface area contributed by atoms with Crippen molar-refractivity contribution in [2.75, 3.05) is 7.11 Å². The largest absolute Gasteiger partial charge is 0.468 e. The van der Waals surface area contributed by atoms with E-state index < -0.39 is 57.0 Å². The van der Waals surface area contributed by atoms with Gasteiger partial charge in [-0.15, -0.1) is 0 Å². The second-order valence-electron chi connectivity index (χ2n) is 9.58. The molecule has 1 amide bonds. The molecule has 0 radical (unpaired) electrons. The van der Waals surface area contributed by atoms with Crippen LogP contribution in [-0.4, -0.2) is 62.8 Å². The number of hydrogen-bond acceptors (Lipinski definition) is 9. The summed E-state index contributed by atoms with van der Waals surface area (Å²) < 4.78 is 10.2. The van der Waals surface area contributed by atoms with Gasteiger partial charge in [-0.2, -0.15) is 0 Å². The summed E-state index contributed by atoms with van der Waals surface area (Å²) in [5, 5.41) is 21.6. The number of nitrogens with zero attached hydrogens (tertiary/aromatic N) is 2. The van der Waals surface area contributed by atoms with Crippen LogP contribution in [0.5, 0.6) is 0 Å². The van der Waals surface area contributed by atoms with E-state index in [-0.39, 0.29) is 17.9 Å². The van der Waals surface area contributed by atoms with Crippen LogP contribution < -0.4 is 0 Å². The van der Waals surface area contributed by atoms with E-state index in [4.69, 9.17) is 21.1 Å². The molecule has 1 aliphatic rings. The van der Waals surface area contributed by atoms with Crippen molar-refractivity contribution in [3.8, 4) is 0 Å². The van der Waals surface area contributed by atoms with Gasteiger partial charge in [0.05, 0.1) is 29.6 Å². The Kier molecular flexibility index (Phi) is 8.23. The van der Waals surface area contributed by atoms with Crippen molar-refractivity contribution in [1.82, 2.24) is 4.90 Å². The number of carbonyl (C=O) groups is 4. The summed E-state index contributed by atoms with van der Waals surface area (Å²) in [6.07, 6.45) is 0. The van der Waals surface area contributed by atoms with Crippen LogP contribution >= 0.6 is 11.6 Å². The highest BCUT2D eigenvalue weighted by Gasteiger charge is 2.68. The average Bonchev–Trinajstić information content (AvgIpc) is 2.88. The van der Waals surface area contributed by atoms with Crippen LogP contribution in [-0.2, 0) is 30.5 Å². The molecular formula is C26H27ClN2O9. The zero-order chi connectivity index (χ0) is 28.4. The molecule has 2 aromatic rings. The van der Waals surface area contributed by atoms with Crippen LogP contribution in [0.15, 0.2) is 54.6 Å². The predicted molar refractivity (Wildman–Crippen MR) is 134 cm³/mol. The minimum Gasteiger partial charge on any atom is -0.468 e. The minimum atomic E-state index is -2.04. The van der Waals surface area contributed by atoms with Gasteiger partial charge >= 0.3 is 11.9 Å². The number of benzene rings is 2. The van der Waals surface area contributed by atoms with E-state index in [0.717, 1.165) is 12.0 Å². The highest BCUT2D eigenvalue weighted by atomic mass is 35.5. The molecule has 1 aliphatic heterocycles. The van der Waals surface area contributed by atoms with Gasteiger partial charge in [0.2, 0.25) is 11.4 Å². The SMILES string of the molecule is COC(=O)C(C)(C(=O)c1ccccc1)C1C(C(C)(C)O)C(=O)N1C(Cl)C(=O)OCc1ccc([N+](=O)[O-])cc1. The Bertz CT molecular complexity index is 1240. The predicted octanol–water partition coefficient (Wildman–Crippen LogP) is 2.86. The van der Waals surface area contributed by atoms with Gasteiger partial charge in [0.1, 0.15) is 12.0 Å². The van der Waals surface area contributed by atoms with E-state index in [1.807, 2.05) is 0 Å². The fourth-order valence-electron chi connectivity index (χ4n) is 4.56. The average molecular weight is 547 g/mol. The molecule has 4 unspecified atom stereocenters. The van der Waals surface area contributed by atoms with E-state index in [9.17, 15) is 34.4 Å². The van der Waals surface area contributed by atoms with E-state index in [0.29, 0.717) is 5.56 Å². The lowest BCUT2D eigenvalue weighted by atomic mass is 9.61. The topological polar surface area (TPSA) is 153 Å². The van der Waals surface area contributed by atoms with E-state index in [1.54, 1.807) is 18.2 Å². The second-order valence-corrected chi connectivity index (χ2v) is 9.99. The van der Waals surface area contributed by atoms with Crippen molar-refractivity contribution < 1.29 is 38.7 Å². The Hall–Kier alpha value is -3.83. The van der Waals surface area contributed by atoms with Gasteiger partial charge < -0.3 is 19.5 Å². The Morgan fingerprint density at radius 2 is 1.68 bits per heavy atom. The molecule has 11 nitrogen and oxygen atoms in total. The van der Waals surface area contributed by atoms with E-state index in [1.165, 1.54) is 57.2 Å². The number of amides is 1. The smallest absolute Gasteiger partial charge is 0.344 e. The molecular weight excluding hydrogens is 520 g/mol. The quantitative estimate of drug-likeness (QED) is 0.0692. The van der Waals surface area contributed by atoms with Gasteiger partial charge in [0.25, 0.3) is 5.69 Å². The van der Waals surface area contributed by atoms with Crippen LogP contribution in [0.3, 0.4) is 0 Å². The number of ether oxygens (including phenoxy) is 2. The van der Waals surface area contributed by atoms with E-state index in [2.05, 4.69) is 0 Å². The Morgan fingerprint density at radius 1 is 1.11 bits per heavy atom. The molecule has 0 spiro atoms. The maximum atomic E-state index is 13.7. The monoisotopic (exact) mass is 546 g/mol. The fourth-order valence-corrected chi connectivity index (χ4v) is 4.84. The standard InChI is InChI=1S/C26H27ClN2O9/c1-25(2,34)18-19(26(3,24(33)37-4)20(30)16-8-6-5-7-9-16)28(22(18)31)21(27)23(32)38-14-15-10-12-17(13-11-15)29(35)36/h5-13,18-19,21,34H,14H2,1-4H3. The lowest BCUT2D eigenvalue weighted by Gasteiger charge is -2.57. The maximum absolute atomic E-state index is 13.7. The third-order valence-electron chi connectivity index (χ3n) is 6.57. The van der Waals surface area contributed by atoms with Gasteiger partial charge in [-0.25, -0.2) is 4.79 Å². The molecule has 3 rings (SSSR count). The van der Waals surface area contributed by atoms with Gasteiger partial charge in [-0.05, 0) is 38.5 Å². The molecule has 0 aromatic heterocycles. The van der Waals surface area contributed by atoms with Crippen LogP contribution in [0.4, 0.5) is 5.69 Å². The van der Waals surface area contributed by atoms with Crippen LogP contribution in [0.1, 0.15) is 36.7 Å². The van der Waals surface area contributed by atoms with Crippen LogP contribution in [0, 0.1) is 21.4 Å². The molecule has 4 atom stereocenters. The Morgan fingerprint density at radius 3 is 2.18 bits per heavy atom. The van der Waals surface area contributed by atoms with Crippen molar-refractivity contribution in [3.05, 3.63) is 75.8 Å². The summed E-state index contributed by atoms with van der Waals surface area (Å²) >= 11 is 6.37. The first kappa shape index (κ1) is 28.7. The molecule has 202 valence electrons. The summed E-state index contributed by atoms with van der Waals surface area (Å²) in [6, 6.07) is 11.8. The third-order valence-corrected chi connectivity index (χ3v) is 6.96. The number of β-lactam (4-membered cyclic amide) rings is 1. The van der Waals surface area contributed by atoms with Crippen molar-refractivity contribution in [2.45, 2.75) is 44.5 Å². The minimum absolute atomic E-state index is 0.146.